The lowest BCUT2D eigenvalue weighted by molar-refractivity contribution is 0.453. The lowest BCUT2D eigenvalue weighted by atomic mass is 10.0. The summed E-state index contributed by atoms with van der Waals surface area (Å²) < 4.78 is 2.05. The van der Waals surface area contributed by atoms with Gasteiger partial charge in [0.1, 0.15) is 0 Å². The summed E-state index contributed by atoms with van der Waals surface area (Å²) in [7, 11) is 2.07. The molecule has 1 rings (SSSR count). The van der Waals surface area contributed by atoms with Crippen molar-refractivity contribution in [3.05, 3.63) is 17.5 Å². The molecule has 0 aliphatic rings. The van der Waals surface area contributed by atoms with Gasteiger partial charge in [-0.2, -0.15) is 5.10 Å². The summed E-state index contributed by atoms with van der Waals surface area (Å²) in [6.45, 7) is 7.63. The van der Waals surface area contributed by atoms with Crippen LogP contribution in [0.5, 0.6) is 0 Å². The molecule has 1 N–H and O–H groups in total. The van der Waals surface area contributed by atoms with Crippen LogP contribution < -0.4 is 5.32 Å². The topological polar surface area (TPSA) is 29.9 Å². The highest BCUT2D eigenvalue weighted by atomic mass is 15.3. The van der Waals surface area contributed by atoms with Gasteiger partial charge in [-0.1, -0.05) is 52.9 Å². The number of nitrogens with one attached hydrogen (secondary N) is 1. The number of aromatic nitrogens is 2. The standard InChI is InChI=1S/C16H31N3/c1-5-8-9-10-11-12-15(17-7-3)16-13-14(6-2)18-19(16)4/h13,15,17H,5-12H2,1-4H3. The summed E-state index contributed by atoms with van der Waals surface area (Å²) in [6.07, 6.45) is 8.97. The summed E-state index contributed by atoms with van der Waals surface area (Å²) in [5.74, 6) is 0. The first kappa shape index (κ1) is 16.2. The second-order valence-electron chi connectivity index (χ2n) is 5.35. The van der Waals surface area contributed by atoms with E-state index in [-0.39, 0.29) is 0 Å². The highest BCUT2D eigenvalue weighted by molar-refractivity contribution is 5.14. The van der Waals surface area contributed by atoms with Crippen molar-refractivity contribution in [1.29, 1.82) is 0 Å². The largest absolute Gasteiger partial charge is 0.309 e. The Kier molecular flexibility index (Phi) is 7.80. The predicted octanol–water partition coefficient (Wildman–Crippen LogP) is 3.99. The van der Waals surface area contributed by atoms with Gasteiger partial charge >= 0.3 is 0 Å². The van der Waals surface area contributed by atoms with Gasteiger partial charge in [-0.15, -0.1) is 0 Å². The maximum absolute atomic E-state index is 4.57. The van der Waals surface area contributed by atoms with Crippen molar-refractivity contribution in [2.24, 2.45) is 7.05 Å². The van der Waals surface area contributed by atoms with Crippen molar-refractivity contribution < 1.29 is 0 Å². The van der Waals surface area contributed by atoms with Gasteiger partial charge in [0.05, 0.1) is 11.4 Å². The Morgan fingerprint density at radius 2 is 1.89 bits per heavy atom. The highest BCUT2D eigenvalue weighted by Gasteiger charge is 2.15. The van der Waals surface area contributed by atoms with Crippen LogP contribution in [0.25, 0.3) is 0 Å². The molecule has 1 heterocycles. The molecule has 0 saturated carbocycles. The fraction of sp³-hybridized carbons (Fsp3) is 0.812. The number of rotatable bonds is 10. The first-order valence-corrected chi connectivity index (χ1v) is 7.99. The van der Waals surface area contributed by atoms with E-state index < -0.39 is 0 Å². The Morgan fingerprint density at radius 3 is 2.47 bits per heavy atom. The Morgan fingerprint density at radius 1 is 1.16 bits per heavy atom. The zero-order valence-electron chi connectivity index (χ0n) is 13.2. The zero-order valence-corrected chi connectivity index (χ0v) is 13.2. The fourth-order valence-corrected chi connectivity index (χ4v) is 2.60. The first-order valence-electron chi connectivity index (χ1n) is 7.99. The molecule has 0 fully saturated rings. The minimum atomic E-state index is 0.462. The molecule has 110 valence electrons. The van der Waals surface area contributed by atoms with Gasteiger partial charge < -0.3 is 5.32 Å². The minimum Gasteiger partial charge on any atom is -0.309 e. The number of nitrogens with zero attached hydrogens (tertiary/aromatic N) is 2. The van der Waals surface area contributed by atoms with E-state index in [4.69, 9.17) is 0 Å². The third kappa shape index (κ3) is 5.35. The number of aryl methyl sites for hydroxylation is 2. The minimum absolute atomic E-state index is 0.462. The molecule has 0 amide bonds. The summed E-state index contributed by atoms with van der Waals surface area (Å²) in [5, 5.41) is 8.17. The van der Waals surface area contributed by atoms with E-state index in [1.807, 2.05) is 0 Å². The Labute approximate surface area is 118 Å². The predicted molar refractivity (Wildman–Crippen MR) is 82.4 cm³/mol. The second kappa shape index (κ2) is 9.13. The Hall–Kier alpha value is -0.830. The van der Waals surface area contributed by atoms with Gasteiger partial charge in [-0.25, -0.2) is 0 Å². The monoisotopic (exact) mass is 265 g/mol. The van der Waals surface area contributed by atoms with Crippen molar-refractivity contribution in [2.75, 3.05) is 6.54 Å². The lowest BCUT2D eigenvalue weighted by Crippen LogP contribution is -2.23. The number of hydrogen-bond acceptors (Lipinski definition) is 2. The summed E-state index contributed by atoms with van der Waals surface area (Å²) >= 11 is 0. The second-order valence-corrected chi connectivity index (χ2v) is 5.35. The van der Waals surface area contributed by atoms with E-state index in [9.17, 15) is 0 Å². The maximum atomic E-state index is 4.57. The molecule has 3 nitrogen and oxygen atoms in total. The molecule has 0 saturated heterocycles. The molecule has 0 aliphatic heterocycles. The zero-order chi connectivity index (χ0) is 14.1. The van der Waals surface area contributed by atoms with Gasteiger partial charge in [0.2, 0.25) is 0 Å². The summed E-state index contributed by atoms with van der Waals surface area (Å²) in [5.41, 5.74) is 2.54. The molecule has 0 spiro atoms. The van der Waals surface area contributed by atoms with Crippen molar-refractivity contribution >= 4 is 0 Å². The molecule has 1 atom stereocenters. The summed E-state index contributed by atoms with van der Waals surface area (Å²) in [4.78, 5) is 0. The molecule has 1 aromatic heterocycles. The average Bonchev–Trinajstić information content (AvgIpc) is 2.78. The smallest absolute Gasteiger partial charge is 0.0625 e. The molecule has 0 aliphatic carbocycles. The van der Waals surface area contributed by atoms with Crippen LogP contribution in [0.15, 0.2) is 6.07 Å². The van der Waals surface area contributed by atoms with E-state index in [1.54, 1.807) is 0 Å². The first-order chi connectivity index (χ1) is 9.22. The normalized spacial score (nSPS) is 12.8. The molecular weight excluding hydrogens is 234 g/mol. The van der Waals surface area contributed by atoms with Crippen LogP contribution in [0.3, 0.4) is 0 Å². The molecule has 0 radical (unpaired) electrons. The van der Waals surface area contributed by atoms with Crippen LogP contribution in [-0.2, 0) is 13.5 Å². The van der Waals surface area contributed by atoms with E-state index in [0.29, 0.717) is 6.04 Å². The molecule has 1 aromatic rings. The molecule has 3 heteroatoms. The Balaban J connectivity index is 2.53. The highest BCUT2D eigenvalue weighted by Crippen LogP contribution is 2.21. The van der Waals surface area contributed by atoms with Crippen LogP contribution in [0.4, 0.5) is 0 Å². The van der Waals surface area contributed by atoms with Gasteiger partial charge in [0.15, 0.2) is 0 Å². The van der Waals surface area contributed by atoms with Gasteiger partial charge in [-0.3, -0.25) is 4.68 Å². The van der Waals surface area contributed by atoms with E-state index >= 15 is 0 Å². The van der Waals surface area contributed by atoms with Gasteiger partial charge in [0, 0.05) is 13.1 Å². The van der Waals surface area contributed by atoms with Crippen LogP contribution in [0.1, 0.15) is 76.7 Å². The SMILES string of the molecule is CCCCCCCC(NCC)c1cc(CC)nn1C. The van der Waals surface area contributed by atoms with Crippen LogP contribution in [0, 0.1) is 0 Å². The van der Waals surface area contributed by atoms with Crippen LogP contribution in [0.2, 0.25) is 0 Å². The van der Waals surface area contributed by atoms with E-state index in [0.717, 1.165) is 13.0 Å². The number of hydrogen-bond donors (Lipinski definition) is 1. The molecule has 19 heavy (non-hydrogen) atoms. The lowest BCUT2D eigenvalue weighted by Gasteiger charge is -2.18. The van der Waals surface area contributed by atoms with Crippen LogP contribution >= 0.6 is 0 Å². The van der Waals surface area contributed by atoms with E-state index in [2.05, 4.69) is 49.0 Å². The fourth-order valence-electron chi connectivity index (χ4n) is 2.60. The molecule has 0 aromatic carbocycles. The third-order valence-electron chi connectivity index (χ3n) is 3.73. The van der Waals surface area contributed by atoms with Crippen molar-refractivity contribution in [2.45, 2.75) is 71.8 Å². The molecule has 1 unspecified atom stereocenters. The van der Waals surface area contributed by atoms with Crippen molar-refractivity contribution in [3.63, 3.8) is 0 Å². The third-order valence-corrected chi connectivity index (χ3v) is 3.73. The van der Waals surface area contributed by atoms with Crippen molar-refractivity contribution in [1.82, 2.24) is 15.1 Å². The molecule has 0 bridgehead atoms. The van der Waals surface area contributed by atoms with Gasteiger partial charge in [0.25, 0.3) is 0 Å². The van der Waals surface area contributed by atoms with Crippen molar-refractivity contribution in [3.8, 4) is 0 Å². The van der Waals surface area contributed by atoms with Gasteiger partial charge in [-0.05, 0) is 25.5 Å². The average molecular weight is 265 g/mol. The number of unbranched alkanes of at least 4 members (excludes halogenated alkanes) is 4. The summed E-state index contributed by atoms with van der Waals surface area (Å²) in [6, 6.07) is 2.73. The van der Waals surface area contributed by atoms with E-state index in [1.165, 1.54) is 49.9 Å². The maximum Gasteiger partial charge on any atom is 0.0625 e. The Bertz CT molecular complexity index is 344. The molecular formula is C16H31N3. The quantitative estimate of drug-likeness (QED) is 0.648. The van der Waals surface area contributed by atoms with Crippen LogP contribution in [-0.4, -0.2) is 16.3 Å².